The Kier molecular flexibility index (Phi) is 5.89. The SMILES string of the molecule is Cc1nn(C)c(C)c1NC(=O)CNC(=O)C(c1ccccc1)c1ccccc1. The number of amides is 2. The van der Waals surface area contributed by atoms with Gasteiger partial charge in [0.25, 0.3) is 0 Å². The minimum Gasteiger partial charge on any atom is -0.346 e. The van der Waals surface area contributed by atoms with Crippen molar-refractivity contribution < 1.29 is 9.59 Å². The number of rotatable bonds is 6. The molecule has 0 spiro atoms. The van der Waals surface area contributed by atoms with Crippen LogP contribution in [0.25, 0.3) is 0 Å². The quantitative estimate of drug-likeness (QED) is 0.694. The van der Waals surface area contributed by atoms with Crippen LogP contribution in [-0.2, 0) is 16.6 Å². The van der Waals surface area contributed by atoms with Crippen LogP contribution in [0.4, 0.5) is 5.69 Å². The number of anilines is 1. The van der Waals surface area contributed by atoms with Crippen molar-refractivity contribution in [3.8, 4) is 0 Å². The summed E-state index contributed by atoms with van der Waals surface area (Å²) in [6, 6.07) is 19.1. The molecule has 0 radical (unpaired) electrons. The van der Waals surface area contributed by atoms with Crippen LogP contribution in [0.2, 0.25) is 0 Å². The Labute approximate surface area is 164 Å². The molecular weight excluding hydrogens is 352 g/mol. The second kappa shape index (κ2) is 8.52. The molecule has 28 heavy (non-hydrogen) atoms. The summed E-state index contributed by atoms with van der Waals surface area (Å²) in [4.78, 5) is 25.3. The summed E-state index contributed by atoms with van der Waals surface area (Å²) < 4.78 is 1.71. The van der Waals surface area contributed by atoms with E-state index < -0.39 is 5.92 Å². The minimum absolute atomic E-state index is 0.108. The van der Waals surface area contributed by atoms with E-state index >= 15 is 0 Å². The van der Waals surface area contributed by atoms with E-state index in [4.69, 9.17) is 0 Å². The van der Waals surface area contributed by atoms with Gasteiger partial charge in [0.2, 0.25) is 11.8 Å². The predicted molar refractivity (Wildman–Crippen MR) is 109 cm³/mol. The zero-order valence-corrected chi connectivity index (χ0v) is 16.3. The number of aromatic nitrogens is 2. The van der Waals surface area contributed by atoms with Crippen molar-refractivity contribution in [3.63, 3.8) is 0 Å². The Balaban J connectivity index is 1.71. The average molecular weight is 376 g/mol. The highest BCUT2D eigenvalue weighted by Gasteiger charge is 2.23. The van der Waals surface area contributed by atoms with Gasteiger partial charge in [0.05, 0.1) is 29.5 Å². The van der Waals surface area contributed by atoms with E-state index in [9.17, 15) is 9.59 Å². The molecule has 2 N–H and O–H groups in total. The van der Waals surface area contributed by atoms with E-state index in [0.717, 1.165) is 22.5 Å². The number of nitrogens with one attached hydrogen (secondary N) is 2. The minimum atomic E-state index is -0.475. The molecule has 3 rings (SSSR count). The van der Waals surface area contributed by atoms with Gasteiger partial charge in [0.15, 0.2) is 0 Å². The van der Waals surface area contributed by atoms with Gasteiger partial charge in [-0.25, -0.2) is 0 Å². The molecule has 0 unspecified atom stereocenters. The number of hydrogen-bond donors (Lipinski definition) is 2. The van der Waals surface area contributed by atoms with Gasteiger partial charge < -0.3 is 10.6 Å². The van der Waals surface area contributed by atoms with E-state index in [-0.39, 0.29) is 18.4 Å². The zero-order chi connectivity index (χ0) is 20.1. The molecule has 1 aromatic heterocycles. The van der Waals surface area contributed by atoms with Gasteiger partial charge in [-0.05, 0) is 25.0 Å². The van der Waals surface area contributed by atoms with Crippen LogP contribution in [0.1, 0.15) is 28.4 Å². The lowest BCUT2D eigenvalue weighted by Crippen LogP contribution is -2.36. The molecule has 0 saturated carbocycles. The van der Waals surface area contributed by atoms with E-state index in [2.05, 4.69) is 15.7 Å². The van der Waals surface area contributed by atoms with Gasteiger partial charge in [-0.1, -0.05) is 60.7 Å². The molecule has 1 heterocycles. The molecule has 144 valence electrons. The summed E-state index contributed by atoms with van der Waals surface area (Å²) in [7, 11) is 1.82. The van der Waals surface area contributed by atoms with Gasteiger partial charge in [-0.15, -0.1) is 0 Å². The first-order chi connectivity index (χ1) is 13.5. The highest BCUT2D eigenvalue weighted by molar-refractivity contribution is 5.97. The summed E-state index contributed by atoms with van der Waals surface area (Å²) in [6.07, 6.45) is 0. The van der Waals surface area contributed by atoms with Crippen LogP contribution >= 0.6 is 0 Å². The monoisotopic (exact) mass is 376 g/mol. The van der Waals surface area contributed by atoms with Crippen molar-refractivity contribution in [2.45, 2.75) is 19.8 Å². The third-order valence-electron chi connectivity index (χ3n) is 4.72. The van der Waals surface area contributed by atoms with Crippen LogP contribution in [0, 0.1) is 13.8 Å². The van der Waals surface area contributed by atoms with Crippen LogP contribution < -0.4 is 10.6 Å². The molecule has 0 saturated heterocycles. The summed E-state index contributed by atoms with van der Waals surface area (Å²) in [5.41, 5.74) is 4.05. The highest BCUT2D eigenvalue weighted by Crippen LogP contribution is 2.24. The third-order valence-corrected chi connectivity index (χ3v) is 4.72. The fourth-order valence-electron chi connectivity index (χ4n) is 3.19. The summed E-state index contributed by atoms with van der Waals surface area (Å²) in [5, 5.41) is 9.88. The lowest BCUT2D eigenvalue weighted by molar-refractivity contribution is -0.124. The summed E-state index contributed by atoms with van der Waals surface area (Å²) >= 11 is 0. The molecule has 0 fully saturated rings. The predicted octanol–water partition coefficient (Wildman–Crippen LogP) is 2.92. The molecule has 0 aliphatic carbocycles. The molecule has 3 aromatic rings. The average Bonchev–Trinajstić information content (AvgIpc) is 2.94. The molecular formula is C22H24N4O2. The van der Waals surface area contributed by atoms with Crippen molar-refractivity contribution in [2.24, 2.45) is 7.05 Å². The smallest absolute Gasteiger partial charge is 0.243 e. The molecule has 2 aromatic carbocycles. The standard InChI is InChI=1S/C22H24N4O2/c1-15-21(16(2)26(3)25-15)24-19(27)14-23-22(28)20(17-10-6-4-7-11-17)18-12-8-5-9-13-18/h4-13,20H,14H2,1-3H3,(H,23,28)(H,24,27). The maximum Gasteiger partial charge on any atom is 0.243 e. The van der Waals surface area contributed by atoms with Crippen molar-refractivity contribution in [1.82, 2.24) is 15.1 Å². The fourth-order valence-corrected chi connectivity index (χ4v) is 3.19. The maximum absolute atomic E-state index is 12.9. The number of carbonyl (C=O) groups excluding carboxylic acids is 2. The second-order valence-corrected chi connectivity index (χ2v) is 6.69. The van der Waals surface area contributed by atoms with Crippen molar-refractivity contribution in [2.75, 3.05) is 11.9 Å². The number of carbonyl (C=O) groups is 2. The van der Waals surface area contributed by atoms with E-state index in [1.54, 1.807) is 4.68 Å². The Bertz CT molecular complexity index is 925. The molecule has 0 bridgehead atoms. The third kappa shape index (κ3) is 4.28. The maximum atomic E-state index is 12.9. The van der Waals surface area contributed by atoms with Gasteiger partial charge >= 0.3 is 0 Å². The zero-order valence-electron chi connectivity index (χ0n) is 16.3. The highest BCUT2D eigenvalue weighted by atomic mass is 16.2. The number of aryl methyl sites for hydroxylation is 2. The Morgan fingerprint density at radius 3 is 1.96 bits per heavy atom. The van der Waals surface area contributed by atoms with Crippen molar-refractivity contribution >= 4 is 17.5 Å². The number of benzene rings is 2. The summed E-state index contributed by atoms with van der Waals surface area (Å²) in [6.45, 7) is 3.61. The first-order valence-electron chi connectivity index (χ1n) is 9.15. The normalized spacial score (nSPS) is 10.7. The molecule has 2 amide bonds. The molecule has 0 aliphatic rings. The summed E-state index contributed by atoms with van der Waals surface area (Å²) in [5.74, 6) is -0.975. The van der Waals surface area contributed by atoms with Gasteiger partial charge in [-0.2, -0.15) is 5.10 Å². The van der Waals surface area contributed by atoms with Crippen LogP contribution in [0.3, 0.4) is 0 Å². The topological polar surface area (TPSA) is 76.0 Å². The van der Waals surface area contributed by atoms with Gasteiger partial charge in [0.1, 0.15) is 0 Å². The lowest BCUT2D eigenvalue weighted by atomic mass is 9.90. The van der Waals surface area contributed by atoms with Crippen molar-refractivity contribution in [3.05, 3.63) is 83.2 Å². The number of hydrogen-bond acceptors (Lipinski definition) is 3. The van der Waals surface area contributed by atoms with Crippen molar-refractivity contribution in [1.29, 1.82) is 0 Å². The van der Waals surface area contributed by atoms with Crippen LogP contribution in [0.5, 0.6) is 0 Å². The largest absolute Gasteiger partial charge is 0.346 e. The van der Waals surface area contributed by atoms with Gasteiger partial charge in [0, 0.05) is 7.05 Å². The van der Waals surface area contributed by atoms with Gasteiger partial charge in [-0.3, -0.25) is 14.3 Å². The fraction of sp³-hybridized carbons (Fsp3) is 0.227. The second-order valence-electron chi connectivity index (χ2n) is 6.69. The van der Waals surface area contributed by atoms with Crippen LogP contribution in [-0.4, -0.2) is 28.1 Å². The number of nitrogens with zero attached hydrogens (tertiary/aromatic N) is 2. The van der Waals surface area contributed by atoms with E-state index in [1.807, 2.05) is 81.6 Å². The molecule has 0 aliphatic heterocycles. The Morgan fingerprint density at radius 2 is 1.50 bits per heavy atom. The Morgan fingerprint density at radius 1 is 0.964 bits per heavy atom. The van der Waals surface area contributed by atoms with E-state index in [0.29, 0.717) is 5.69 Å². The first-order valence-corrected chi connectivity index (χ1v) is 9.15. The first kappa shape index (κ1) is 19.4. The van der Waals surface area contributed by atoms with Crippen LogP contribution in [0.15, 0.2) is 60.7 Å². The molecule has 6 nitrogen and oxygen atoms in total. The Hall–Kier alpha value is -3.41. The lowest BCUT2D eigenvalue weighted by Gasteiger charge is -2.18. The van der Waals surface area contributed by atoms with E-state index in [1.165, 1.54) is 0 Å². The molecule has 0 atom stereocenters. The molecule has 6 heteroatoms.